The van der Waals surface area contributed by atoms with Gasteiger partial charge in [-0.3, -0.25) is 4.79 Å². The lowest BCUT2D eigenvalue weighted by atomic mass is 10.1. The monoisotopic (exact) mass is 214 g/mol. The molecule has 1 nitrogen and oxygen atoms in total. The summed E-state index contributed by atoms with van der Waals surface area (Å²) < 4.78 is 0. The Balaban J connectivity index is 2.54. The zero-order valence-electron chi connectivity index (χ0n) is 7.79. The van der Waals surface area contributed by atoms with Gasteiger partial charge in [0.15, 0.2) is 5.78 Å². The van der Waals surface area contributed by atoms with Crippen LogP contribution in [0.2, 0.25) is 0 Å². The Hall–Kier alpha value is -0.0700. The first kappa shape index (κ1) is 11.0. The number of ketones is 1. The molecule has 2 atom stereocenters. The number of rotatable bonds is 3. The van der Waals surface area contributed by atoms with Crippen LogP contribution >= 0.6 is 23.5 Å². The van der Waals surface area contributed by atoms with Gasteiger partial charge in [-0.15, -0.1) is 18.2 Å². The molecular formula is C10H14OS2. The van der Waals surface area contributed by atoms with Gasteiger partial charge in [0.25, 0.3) is 0 Å². The number of carbonyl (C=O) groups excluding carboxylic acids is 1. The van der Waals surface area contributed by atoms with E-state index in [0.717, 1.165) is 12.2 Å². The third-order valence-electron chi connectivity index (χ3n) is 2.05. The summed E-state index contributed by atoms with van der Waals surface area (Å²) in [6.45, 7) is 2.14. The number of Topliss-reactive ketones (excluding diaryl/α,β-unsaturated/α-hetero) is 1. The van der Waals surface area contributed by atoms with Crippen LogP contribution in [0, 0.1) is 12.3 Å². The quantitative estimate of drug-likeness (QED) is 0.671. The lowest BCUT2D eigenvalue weighted by molar-refractivity contribution is -0.117. The Labute approximate surface area is 88.4 Å². The molecule has 2 unspecified atom stereocenters. The molecule has 0 aromatic heterocycles. The topological polar surface area (TPSA) is 17.1 Å². The number of hydrogen-bond acceptors (Lipinski definition) is 3. The summed E-state index contributed by atoms with van der Waals surface area (Å²) in [5.41, 5.74) is 0. The Kier molecular flexibility index (Phi) is 4.76. The molecule has 0 aromatic carbocycles. The van der Waals surface area contributed by atoms with Crippen molar-refractivity contribution in [1.29, 1.82) is 0 Å². The summed E-state index contributed by atoms with van der Waals surface area (Å²) in [6, 6.07) is 0. The second kappa shape index (κ2) is 5.62. The van der Waals surface area contributed by atoms with Gasteiger partial charge in [0.05, 0.1) is 11.7 Å². The molecule has 1 aliphatic heterocycles. The maximum atomic E-state index is 11.6. The number of thioether (sulfide) groups is 2. The summed E-state index contributed by atoms with van der Waals surface area (Å²) in [5.74, 6) is 4.93. The molecule has 0 aliphatic carbocycles. The van der Waals surface area contributed by atoms with E-state index < -0.39 is 0 Å². The number of terminal acetylenes is 1. The van der Waals surface area contributed by atoms with Crippen LogP contribution in [0.1, 0.15) is 19.8 Å². The Morgan fingerprint density at radius 3 is 2.85 bits per heavy atom. The molecule has 3 heteroatoms. The van der Waals surface area contributed by atoms with Crippen LogP contribution in [0.3, 0.4) is 0 Å². The molecule has 1 saturated heterocycles. The smallest absolute Gasteiger partial charge is 0.158 e. The van der Waals surface area contributed by atoms with E-state index in [4.69, 9.17) is 6.42 Å². The van der Waals surface area contributed by atoms with Gasteiger partial charge in [-0.05, 0) is 6.42 Å². The highest BCUT2D eigenvalue weighted by Crippen LogP contribution is 2.34. The average Bonchev–Trinajstić information content (AvgIpc) is 2.18. The highest BCUT2D eigenvalue weighted by atomic mass is 32.2. The molecule has 1 heterocycles. The average molecular weight is 214 g/mol. The van der Waals surface area contributed by atoms with Crippen LogP contribution < -0.4 is 0 Å². The van der Waals surface area contributed by atoms with Gasteiger partial charge in [-0.25, -0.2) is 0 Å². The van der Waals surface area contributed by atoms with Gasteiger partial charge >= 0.3 is 0 Å². The van der Waals surface area contributed by atoms with Crippen molar-refractivity contribution in [2.24, 2.45) is 0 Å². The largest absolute Gasteiger partial charge is 0.297 e. The Morgan fingerprint density at radius 2 is 2.23 bits per heavy atom. The summed E-state index contributed by atoms with van der Waals surface area (Å²) in [7, 11) is 0. The van der Waals surface area contributed by atoms with Crippen molar-refractivity contribution in [3.05, 3.63) is 0 Å². The first-order valence-electron chi connectivity index (χ1n) is 4.49. The van der Waals surface area contributed by atoms with Crippen LogP contribution in [0.5, 0.6) is 0 Å². The van der Waals surface area contributed by atoms with Crippen molar-refractivity contribution in [1.82, 2.24) is 0 Å². The lowest BCUT2D eigenvalue weighted by Crippen LogP contribution is -2.32. The van der Waals surface area contributed by atoms with Crippen molar-refractivity contribution in [2.75, 3.05) is 11.5 Å². The van der Waals surface area contributed by atoms with E-state index in [0.29, 0.717) is 11.7 Å². The minimum Gasteiger partial charge on any atom is -0.297 e. The third-order valence-corrected chi connectivity index (χ3v) is 5.34. The fraction of sp³-hybridized carbons (Fsp3) is 0.700. The van der Waals surface area contributed by atoms with Crippen molar-refractivity contribution in [3.63, 3.8) is 0 Å². The fourth-order valence-electron chi connectivity index (χ4n) is 1.40. The van der Waals surface area contributed by atoms with Gasteiger partial charge in [0.2, 0.25) is 0 Å². The predicted molar refractivity (Wildman–Crippen MR) is 61.2 cm³/mol. The van der Waals surface area contributed by atoms with Crippen molar-refractivity contribution in [2.45, 2.75) is 30.3 Å². The van der Waals surface area contributed by atoms with E-state index in [1.807, 2.05) is 11.8 Å². The number of hydrogen-bond donors (Lipinski definition) is 0. The van der Waals surface area contributed by atoms with Gasteiger partial charge in [0.1, 0.15) is 0 Å². The van der Waals surface area contributed by atoms with Gasteiger partial charge < -0.3 is 0 Å². The molecule has 13 heavy (non-hydrogen) atoms. The molecule has 0 N–H and O–H groups in total. The molecule has 1 fully saturated rings. The molecular weight excluding hydrogens is 200 g/mol. The molecule has 0 spiro atoms. The van der Waals surface area contributed by atoms with Gasteiger partial charge in [0, 0.05) is 16.8 Å². The SMILES string of the molecule is C#CCC(=O)C1SCCSC1CC. The standard InChI is InChI=1S/C10H14OS2/c1-3-5-8(11)10-9(4-2)12-6-7-13-10/h1,9-10H,4-7H2,2H3. The minimum absolute atomic E-state index is 0.153. The molecule has 0 bridgehead atoms. The minimum atomic E-state index is 0.153. The van der Waals surface area contributed by atoms with E-state index in [-0.39, 0.29) is 11.0 Å². The number of carbonyl (C=O) groups is 1. The maximum Gasteiger partial charge on any atom is 0.158 e. The molecule has 0 aromatic rings. The molecule has 0 saturated carbocycles. The molecule has 1 rings (SSSR count). The Morgan fingerprint density at radius 1 is 1.54 bits per heavy atom. The van der Waals surface area contributed by atoms with Crippen LogP contribution in [0.25, 0.3) is 0 Å². The van der Waals surface area contributed by atoms with E-state index in [1.165, 1.54) is 5.75 Å². The molecule has 0 amide bonds. The summed E-state index contributed by atoms with van der Waals surface area (Å²) in [4.78, 5) is 11.6. The summed E-state index contributed by atoms with van der Waals surface area (Å²) >= 11 is 3.69. The third kappa shape index (κ3) is 2.96. The van der Waals surface area contributed by atoms with E-state index in [9.17, 15) is 4.79 Å². The first-order chi connectivity index (χ1) is 6.29. The zero-order valence-corrected chi connectivity index (χ0v) is 9.42. The van der Waals surface area contributed by atoms with Crippen LogP contribution in [-0.2, 0) is 4.79 Å². The first-order valence-corrected chi connectivity index (χ1v) is 6.58. The van der Waals surface area contributed by atoms with Crippen molar-refractivity contribution < 1.29 is 4.79 Å². The van der Waals surface area contributed by atoms with E-state index >= 15 is 0 Å². The second-order valence-electron chi connectivity index (χ2n) is 2.96. The summed E-state index contributed by atoms with van der Waals surface area (Å²) in [6.07, 6.45) is 6.50. The molecule has 72 valence electrons. The highest BCUT2D eigenvalue weighted by molar-refractivity contribution is 8.07. The van der Waals surface area contributed by atoms with Gasteiger partial charge in [-0.1, -0.05) is 12.8 Å². The van der Waals surface area contributed by atoms with Crippen LogP contribution in [0.15, 0.2) is 0 Å². The molecule has 1 aliphatic rings. The fourth-order valence-corrected chi connectivity index (χ4v) is 4.44. The maximum absolute atomic E-state index is 11.6. The summed E-state index contributed by atoms with van der Waals surface area (Å²) in [5, 5.41) is 0.638. The van der Waals surface area contributed by atoms with E-state index in [1.54, 1.807) is 11.8 Å². The predicted octanol–water partition coefficient (Wildman–Crippen LogP) is 2.21. The highest BCUT2D eigenvalue weighted by Gasteiger charge is 2.29. The Bertz CT molecular complexity index is 219. The second-order valence-corrected chi connectivity index (χ2v) is 5.55. The van der Waals surface area contributed by atoms with E-state index in [2.05, 4.69) is 12.8 Å². The zero-order chi connectivity index (χ0) is 9.68. The molecule has 0 radical (unpaired) electrons. The van der Waals surface area contributed by atoms with Gasteiger partial charge in [-0.2, -0.15) is 11.8 Å². The lowest BCUT2D eigenvalue weighted by Gasteiger charge is -2.28. The van der Waals surface area contributed by atoms with Crippen molar-refractivity contribution in [3.8, 4) is 12.3 Å². The van der Waals surface area contributed by atoms with Crippen molar-refractivity contribution >= 4 is 29.3 Å². The normalized spacial score (nSPS) is 28.0. The van der Waals surface area contributed by atoms with Crippen LogP contribution in [-0.4, -0.2) is 27.8 Å². The van der Waals surface area contributed by atoms with Crippen LogP contribution in [0.4, 0.5) is 0 Å².